The van der Waals surface area contributed by atoms with Crippen LogP contribution in [-0.4, -0.2) is 32.5 Å². The maximum Gasteiger partial charge on any atom is 0.433 e. The topological polar surface area (TPSA) is 89.9 Å². The highest BCUT2D eigenvalue weighted by molar-refractivity contribution is 5.70. The molecule has 2 aromatic heterocycles. The molecule has 0 bridgehead atoms. The van der Waals surface area contributed by atoms with E-state index in [0.717, 1.165) is 23.4 Å². The zero-order valence-corrected chi connectivity index (χ0v) is 16.9. The van der Waals surface area contributed by atoms with Crippen LogP contribution < -0.4 is 5.32 Å². The molecular weight excluding hydrogens is 411 g/mol. The van der Waals surface area contributed by atoms with Crippen molar-refractivity contribution in [1.29, 1.82) is 0 Å². The first-order chi connectivity index (χ1) is 14.7. The largest absolute Gasteiger partial charge is 0.466 e. The van der Waals surface area contributed by atoms with Gasteiger partial charge in [-0.1, -0.05) is 0 Å². The van der Waals surface area contributed by atoms with Gasteiger partial charge < -0.3 is 10.1 Å². The summed E-state index contributed by atoms with van der Waals surface area (Å²) in [6.45, 7) is 3.93. The van der Waals surface area contributed by atoms with E-state index in [9.17, 15) is 18.0 Å². The van der Waals surface area contributed by atoms with Gasteiger partial charge in [-0.2, -0.15) is 13.2 Å². The molecule has 162 valence electrons. The first-order valence-electron chi connectivity index (χ1n) is 9.50. The molecule has 0 saturated heterocycles. The third-order valence-electron chi connectivity index (χ3n) is 4.17. The van der Waals surface area contributed by atoms with Crippen LogP contribution in [0.15, 0.2) is 42.9 Å². The number of hydrogen-bond donors (Lipinski definition) is 1. The minimum Gasteiger partial charge on any atom is -0.466 e. The minimum absolute atomic E-state index is 0.160. The van der Waals surface area contributed by atoms with Gasteiger partial charge in [-0.05, 0) is 43.7 Å². The van der Waals surface area contributed by atoms with Crippen LogP contribution in [0.4, 0.5) is 24.8 Å². The molecule has 0 unspecified atom stereocenters. The Morgan fingerprint density at radius 2 is 1.94 bits per heavy atom. The summed E-state index contributed by atoms with van der Waals surface area (Å²) in [6.07, 6.45) is 0.299. The van der Waals surface area contributed by atoms with Crippen LogP contribution >= 0.6 is 0 Å². The number of anilines is 2. The Bertz CT molecular complexity index is 1060. The predicted octanol–water partition coefficient (Wildman–Crippen LogP) is 4.50. The molecule has 0 radical (unpaired) electrons. The second-order valence-electron chi connectivity index (χ2n) is 6.67. The maximum atomic E-state index is 12.9. The first-order valence-corrected chi connectivity index (χ1v) is 9.50. The fourth-order valence-corrected chi connectivity index (χ4v) is 2.81. The summed E-state index contributed by atoms with van der Waals surface area (Å²) in [5.74, 6) is -0.452. The molecule has 1 aromatic carbocycles. The van der Waals surface area contributed by atoms with Crippen LogP contribution in [-0.2, 0) is 22.1 Å². The number of alkyl halides is 3. The van der Waals surface area contributed by atoms with Crippen molar-refractivity contribution in [1.82, 2.24) is 19.9 Å². The van der Waals surface area contributed by atoms with E-state index >= 15 is 0 Å². The second kappa shape index (κ2) is 9.50. The summed E-state index contributed by atoms with van der Waals surface area (Å²) in [5, 5.41) is 2.80. The van der Waals surface area contributed by atoms with Crippen molar-refractivity contribution >= 4 is 17.6 Å². The number of aromatic nitrogens is 4. The monoisotopic (exact) mass is 431 g/mol. The van der Waals surface area contributed by atoms with Gasteiger partial charge in [0.15, 0.2) is 0 Å². The number of esters is 1. The summed E-state index contributed by atoms with van der Waals surface area (Å²) >= 11 is 0. The molecular formula is C21H20F3N5O2. The average molecular weight is 431 g/mol. The van der Waals surface area contributed by atoms with Gasteiger partial charge in [0.25, 0.3) is 0 Å². The van der Waals surface area contributed by atoms with Gasteiger partial charge in [0.2, 0.25) is 5.95 Å². The fraction of sp³-hybridized carbons (Fsp3) is 0.286. The molecule has 31 heavy (non-hydrogen) atoms. The number of hydrogen-bond acceptors (Lipinski definition) is 7. The average Bonchev–Trinajstić information content (AvgIpc) is 2.72. The molecule has 7 nitrogen and oxygen atoms in total. The lowest BCUT2D eigenvalue weighted by Crippen LogP contribution is -2.10. The standard InChI is InChI=1S/C21H20F3N5O2/c1-3-31-19(30)5-4-15-11-27-17(12-26-15)14-8-13(2)9-16(10-14)28-20-25-7-6-18(29-20)21(22,23)24/h6-12H,3-5H2,1-2H3,(H,25,28,29). The summed E-state index contributed by atoms with van der Waals surface area (Å²) < 4.78 is 43.5. The fourth-order valence-electron chi connectivity index (χ4n) is 2.81. The quantitative estimate of drug-likeness (QED) is 0.551. The van der Waals surface area contributed by atoms with Crippen molar-refractivity contribution in [2.75, 3.05) is 11.9 Å². The number of nitrogens with one attached hydrogen (secondary N) is 1. The summed E-state index contributed by atoms with van der Waals surface area (Å²) in [4.78, 5) is 27.5. The van der Waals surface area contributed by atoms with E-state index in [-0.39, 0.29) is 18.3 Å². The molecule has 3 rings (SSSR count). The van der Waals surface area contributed by atoms with Crippen LogP contribution in [0.25, 0.3) is 11.3 Å². The van der Waals surface area contributed by atoms with Crippen molar-refractivity contribution < 1.29 is 22.7 Å². The number of benzene rings is 1. The minimum atomic E-state index is -4.55. The highest BCUT2D eigenvalue weighted by Gasteiger charge is 2.32. The third kappa shape index (κ3) is 6.21. The van der Waals surface area contributed by atoms with Crippen LogP contribution in [0.5, 0.6) is 0 Å². The zero-order chi connectivity index (χ0) is 22.4. The van der Waals surface area contributed by atoms with E-state index in [1.165, 1.54) is 0 Å². The van der Waals surface area contributed by atoms with Gasteiger partial charge in [0, 0.05) is 30.1 Å². The first kappa shape index (κ1) is 22.1. The van der Waals surface area contributed by atoms with E-state index in [4.69, 9.17) is 4.74 Å². The zero-order valence-electron chi connectivity index (χ0n) is 16.9. The van der Waals surface area contributed by atoms with Gasteiger partial charge in [-0.25, -0.2) is 9.97 Å². The molecule has 3 aromatic rings. The van der Waals surface area contributed by atoms with Gasteiger partial charge >= 0.3 is 12.1 Å². The summed E-state index contributed by atoms with van der Waals surface area (Å²) in [7, 11) is 0. The molecule has 0 aliphatic heterocycles. The lowest BCUT2D eigenvalue weighted by Gasteiger charge is -2.11. The van der Waals surface area contributed by atoms with E-state index in [0.29, 0.717) is 30.1 Å². The van der Waals surface area contributed by atoms with E-state index < -0.39 is 11.9 Å². The Hall–Kier alpha value is -3.56. The molecule has 1 N–H and O–H groups in total. The van der Waals surface area contributed by atoms with Crippen LogP contribution in [0.1, 0.15) is 30.3 Å². The SMILES string of the molecule is CCOC(=O)CCc1cnc(-c2cc(C)cc(Nc3nccc(C(F)(F)F)n3)c2)cn1. The Morgan fingerprint density at radius 1 is 1.13 bits per heavy atom. The van der Waals surface area contributed by atoms with Gasteiger partial charge in [0.05, 0.1) is 30.6 Å². The van der Waals surface area contributed by atoms with Gasteiger partial charge in [0.1, 0.15) is 5.69 Å². The molecule has 0 amide bonds. The molecule has 2 heterocycles. The number of nitrogens with zero attached hydrogens (tertiary/aromatic N) is 4. The van der Waals surface area contributed by atoms with Crippen LogP contribution in [0.3, 0.4) is 0 Å². The lowest BCUT2D eigenvalue weighted by molar-refractivity contribution is -0.143. The summed E-state index contributed by atoms with van der Waals surface area (Å²) in [6, 6.07) is 6.17. The van der Waals surface area contributed by atoms with E-state index in [1.54, 1.807) is 31.5 Å². The molecule has 0 spiro atoms. The molecule has 0 atom stereocenters. The number of ether oxygens (including phenoxy) is 1. The van der Waals surface area contributed by atoms with Crippen molar-refractivity contribution in [3.05, 3.63) is 59.8 Å². The Morgan fingerprint density at radius 3 is 2.61 bits per heavy atom. The molecule has 0 aliphatic carbocycles. The van der Waals surface area contributed by atoms with Crippen molar-refractivity contribution in [2.45, 2.75) is 32.9 Å². The van der Waals surface area contributed by atoms with Gasteiger partial charge in [-0.15, -0.1) is 0 Å². The molecule has 0 saturated carbocycles. The Kier molecular flexibility index (Phi) is 6.78. The van der Waals surface area contributed by atoms with Gasteiger partial charge in [-0.3, -0.25) is 14.8 Å². The Balaban J connectivity index is 1.76. The maximum absolute atomic E-state index is 12.9. The van der Waals surface area contributed by atoms with E-state index in [1.807, 2.05) is 13.0 Å². The number of rotatable bonds is 7. The number of carbonyl (C=O) groups is 1. The van der Waals surface area contributed by atoms with Crippen LogP contribution in [0.2, 0.25) is 0 Å². The molecule has 0 fully saturated rings. The van der Waals surface area contributed by atoms with Crippen LogP contribution in [0, 0.1) is 6.92 Å². The van der Waals surface area contributed by atoms with Crippen molar-refractivity contribution in [2.24, 2.45) is 0 Å². The highest BCUT2D eigenvalue weighted by atomic mass is 19.4. The van der Waals surface area contributed by atoms with E-state index in [2.05, 4.69) is 25.3 Å². The summed E-state index contributed by atoms with van der Waals surface area (Å²) in [5.41, 5.74) is 2.31. The Labute approximate surface area is 176 Å². The normalized spacial score (nSPS) is 11.3. The predicted molar refractivity (Wildman–Crippen MR) is 107 cm³/mol. The lowest BCUT2D eigenvalue weighted by atomic mass is 10.1. The smallest absolute Gasteiger partial charge is 0.433 e. The van der Waals surface area contributed by atoms with Crippen molar-refractivity contribution in [3.63, 3.8) is 0 Å². The molecule has 10 heteroatoms. The number of halogens is 3. The second-order valence-corrected chi connectivity index (χ2v) is 6.67. The molecule has 0 aliphatic rings. The van der Waals surface area contributed by atoms with Crippen molar-refractivity contribution in [3.8, 4) is 11.3 Å². The highest BCUT2D eigenvalue weighted by Crippen LogP contribution is 2.29. The third-order valence-corrected chi connectivity index (χ3v) is 4.17. The number of carbonyl (C=O) groups excluding carboxylic acids is 1. The number of aryl methyl sites for hydroxylation is 2.